The average Bonchev–Trinajstić information content (AvgIpc) is 2.76. The van der Waals surface area contributed by atoms with Crippen molar-refractivity contribution in [1.29, 1.82) is 0 Å². The van der Waals surface area contributed by atoms with Crippen LogP contribution in [-0.4, -0.2) is 76.1 Å². The first-order chi connectivity index (χ1) is 14.6. The Morgan fingerprint density at radius 2 is 1.17 bits per heavy atom. The summed E-state index contributed by atoms with van der Waals surface area (Å²) in [4.78, 5) is 8.62. The summed E-state index contributed by atoms with van der Waals surface area (Å²) in [6, 6.07) is 10.1. The van der Waals surface area contributed by atoms with Gasteiger partial charge in [0.1, 0.15) is 23.0 Å². The van der Waals surface area contributed by atoms with Crippen LogP contribution in [-0.2, 0) is 0 Å². The van der Waals surface area contributed by atoms with Crippen LogP contribution in [0, 0.1) is 0 Å². The summed E-state index contributed by atoms with van der Waals surface area (Å²) in [6.45, 7) is 4.36. The molecule has 2 aromatic carbocycles. The number of hydrogen-bond acceptors (Lipinski definition) is 8. The van der Waals surface area contributed by atoms with E-state index in [0.29, 0.717) is 35.7 Å². The van der Waals surface area contributed by atoms with Crippen LogP contribution in [0.5, 0.6) is 23.0 Å². The molecule has 0 fully saturated rings. The molecule has 0 aliphatic rings. The van der Waals surface area contributed by atoms with Crippen molar-refractivity contribution in [2.45, 2.75) is 0 Å². The highest BCUT2D eigenvalue weighted by Gasteiger charge is 2.01. The van der Waals surface area contributed by atoms with Gasteiger partial charge in [-0.3, -0.25) is 9.98 Å². The van der Waals surface area contributed by atoms with Gasteiger partial charge in [-0.25, -0.2) is 0 Å². The predicted molar refractivity (Wildman–Crippen MR) is 120 cm³/mol. The van der Waals surface area contributed by atoms with E-state index in [-0.39, 0.29) is 11.5 Å². The smallest absolute Gasteiger partial charge is 0.124 e. The summed E-state index contributed by atoms with van der Waals surface area (Å²) in [5.41, 5.74) is 1.28. The minimum atomic E-state index is 0.181. The Morgan fingerprint density at radius 1 is 0.733 bits per heavy atom. The Kier molecular flexibility index (Phi) is 10.2. The monoisotopic (exact) mass is 414 g/mol. The van der Waals surface area contributed by atoms with Crippen LogP contribution in [0.15, 0.2) is 46.4 Å². The topological polar surface area (TPSA) is 108 Å². The molecule has 8 heteroatoms. The molecule has 0 heterocycles. The van der Waals surface area contributed by atoms with Crippen LogP contribution in [0.1, 0.15) is 11.1 Å². The van der Waals surface area contributed by atoms with E-state index in [0.717, 1.165) is 26.2 Å². The fourth-order valence-corrected chi connectivity index (χ4v) is 2.57. The van der Waals surface area contributed by atoms with Gasteiger partial charge in [-0.15, -0.1) is 0 Å². The fraction of sp³-hybridized carbons (Fsp3) is 0.364. The van der Waals surface area contributed by atoms with Crippen molar-refractivity contribution in [2.24, 2.45) is 9.98 Å². The van der Waals surface area contributed by atoms with Crippen LogP contribution < -0.4 is 20.1 Å². The van der Waals surface area contributed by atoms with E-state index >= 15 is 0 Å². The van der Waals surface area contributed by atoms with Gasteiger partial charge in [0.2, 0.25) is 0 Å². The van der Waals surface area contributed by atoms with Crippen molar-refractivity contribution in [2.75, 3.05) is 53.5 Å². The molecule has 30 heavy (non-hydrogen) atoms. The molecule has 0 amide bonds. The van der Waals surface area contributed by atoms with Crippen LogP contribution >= 0.6 is 0 Å². The Balaban J connectivity index is 1.53. The van der Waals surface area contributed by atoms with Gasteiger partial charge in [0, 0.05) is 49.7 Å². The largest absolute Gasteiger partial charge is 0.507 e. The maximum absolute atomic E-state index is 9.80. The first-order valence-corrected chi connectivity index (χ1v) is 9.79. The first kappa shape index (κ1) is 23.2. The van der Waals surface area contributed by atoms with Crippen molar-refractivity contribution in [3.05, 3.63) is 47.5 Å². The number of nitrogens with zero attached hydrogens (tertiary/aromatic N) is 2. The van der Waals surface area contributed by atoms with Gasteiger partial charge in [-0.2, -0.15) is 0 Å². The first-order valence-electron chi connectivity index (χ1n) is 9.79. The van der Waals surface area contributed by atoms with Crippen molar-refractivity contribution in [3.8, 4) is 23.0 Å². The molecule has 0 aliphatic heterocycles. The van der Waals surface area contributed by atoms with Crippen molar-refractivity contribution in [1.82, 2.24) is 10.6 Å². The Morgan fingerprint density at radius 3 is 1.57 bits per heavy atom. The lowest BCUT2D eigenvalue weighted by Crippen LogP contribution is -2.30. The molecular formula is C22H30N4O4. The van der Waals surface area contributed by atoms with Crippen molar-refractivity contribution >= 4 is 12.4 Å². The molecule has 162 valence electrons. The maximum Gasteiger partial charge on any atom is 0.124 e. The van der Waals surface area contributed by atoms with Crippen LogP contribution in [0.2, 0.25) is 0 Å². The Bertz CT molecular complexity index is 770. The van der Waals surface area contributed by atoms with E-state index in [1.165, 1.54) is 0 Å². The lowest BCUT2D eigenvalue weighted by molar-refractivity contribution is 0.412. The number of aromatic hydroxyl groups is 2. The normalized spacial score (nSPS) is 11.4. The number of phenols is 2. The molecule has 2 rings (SSSR count). The highest BCUT2D eigenvalue weighted by atomic mass is 16.5. The molecule has 0 saturated carbocycles. The molecule has 0 bridgehead atoms. The van der Waals surface area contributed by atoms with E-state index in [2.05, 4.69) is 20.6 Å². The molecule has 0 unspecified atom stereocenters. The predicted octanol–water partition coefficient (Wildman–Crippen LogP) is 1.83. The van der Waals surface area contributed by atoms with Crippen LogP contribution in [0.25, 0.3) is 0 Å². The van der Waals surface area contributed by atoms with Gasteiger partial charge < -0.3 is 30.3 Å². The molecular weight excluding hydrogens is 384 g/mol. The minimum Gasteiger partial charge on any atom is -0.507 e. The van der Waals surface area contributed by atoms with E-state index in [1.807, 2.05) is 0 Å². The second kappa shape index (κ2) is 13.2. The van der Waals surface area contributed by atoms with E-state index in [9.17, 15) is 10.2 Å². The quantitative estimate of drug-likeness (QED) is 0.294. The SMILES string of the molecule is COc1ccc(O)c(C=NCCNCCNCCN=Cc2cc(OC)ccc2O)c1. The maximum atomic E-state index is 9.80. The van der Waals surface area contributed by atoms with Gasteiger partial charge in [0.25, 0.3) is 0 Å². The molecule has 0 radical (unpaired) electrons. The van der Waals surface area contributed by atoms with E-state index < -0.39 is 0 Å². The van der Waals surface area contributed by atoms with E-state index in [1.54, 1.807) is 63.0 Å². The zero-order valence-corrected chi connectivity index (χ0v) is 17.5. The molecule has 8 nitrogen and oxygen atoms in total. The molecule has 2 aromatic rings. The van der Waals surface area contributed by atoms with Crippen LogP contribution in [0.3, 0.4) is 0 Å². The summed E-state index contributed by atoms with van der Waals surface area (Å²) >= 11 is 0. The Hall–Kier alpha value is -3.10. The number of rotatable bonds is 13. The molecule has 0 saturated heterocycles. The number of methoxy groups -OCH3 is 2. The van der Waals surface area contributed by atoms with Gasteiger partial charge in [0.15, 0.2) is 0 Å². The molecule has 0 atom stereocenters. The van der Waals surface area contributed by atoms with Gasteiger partial charge in [0.05, 0.1) is 27.3 Å². The molecule has 0 aliphatic carbocycles. The Labute approximate surface area is 177 Å². The fourth-order valence-electron chi connectivity index (χ4n) is 2.57. The second-order valence-electron chi connectivity index (χ2n) is 6.42. The number of phenolic OH excluding ortho intramolecular Hbond substituents is 2. The second-order valence-corrected chi connectivity index (χ2v) is 6.42. The average molecular weight is 415 g/mol. The van der Waals surface area contributed by atoms with Gasteiger partial charge in [-0.1, -0.05) is 0 Å². The van der Waals surface area contributed by atoms with Crippen molar-refractivity contribution < 1.29 is 19.7 Å². The van der Waals surface area contributed by atoms with Gasteiger partial charge >= 0.3 is 0 Å². The molecule has 0 aromatic heterocycles. The third kappa shape index (κ3) is 8.10. The van der Waals surface area contributed by atoms with Crippen molar-refractivity contribution in [3.63, 3.8) is 0 Å². The zero-order chi connectivity index (χ0) is 21.6. The minimum absolute atomic E-state index is 0.181. The molecule has 0 spiro atoms. The number of aliphatic imine (C=N–C) groups is 2. The highest BCUT2D eigenvalue weighted by Crippen LogP contribution is 2.21. The van der Waals surface area contributed by atoms with Crippen LogP contribution in [0.4, 0.5) is 0 Å². The number of nitrogens with one attached hydrogen (secondary N) is 2. The highest BCUT2D eigenvalue weighted by molar-refractivity contribution is 5.84. The van der Waals surface area contributed by atoms with E-state index in [4.69, 9.17) is 9.47 Å². The number of ether oxygens (including phenoxy) is 2. The molecule has 4 N–H and O–H groups in total. The standard InChI is InChI=1S/C22H30N4O4/c1-29-19-3-5-21(27)17(13-19)15-25-11-9-23-7-8-24-10-12-26-16-18-14-20(30-2)4-6-22(18)28/h3-6,13-16,23-24,27-28H,7-12H2,1-2H3. The lowest BCUT2D eigenvalue weighted by Gasteiger charge is -2.05. The van der Waals surface area contributed by atoms with Gasteiger partial charge in [-0.05, 0) is 36.4 Å². The summed E-state index contributed by atoms with van der Waals surface area (Å²) in [5.74, 6) is 1.73. The summed E-state index contributed by atoms with van der Waals surface area (Å²) < 4.78 is 10.3. The summed E-state index contributed by atoms with van der Waals surface area (Å²) in [5, 5.41) is 26.2. The summed E-state index contributed by atoms with van der Waals surface area (Å²) in [7, 11) is 3.17. The number of benzene rings is 2. The third-order valence-electron chi connectivity index (χ3n) is 4.24. The zero-order valence-electron chi connectivity index (χ0n) is 17.5. The number of hydrogen-bond donors (Lipinski definition) is 4. The summed E-state index contributed by atoms with van der Waals surface area (Å²) in [6.07, 6.45) is 3.30. The third-order valence-corrected chi connectivity index (χ3v) is 4.24. The lowest BCUT2D eigenvalue weighted by atomic mass is 10.2.